The first-order valence-corrected chi connectivity index (χ1v) is 7.50. The molecule has 0 saturated carbocycles. The van der Waals surface area contributed by atoms with Crippen molar-refractivity contribution >= 4 is 0 Å². The van der Waals surface area contributed by atoms with Gasteiger partial charge in [0.15, 0.2) is 6.10 Å². The van der Waals surface area contributed by atoms with Crippen molar-refractivity contribution in [3.8, 4) is 5.75 Å². The van der Waals surface area contributed by atoms with Crippen LogP contribution in [0, 0.1) is 5.92 Å². The SMILES string of the molecule is COc1ccc(CCN2CCC(C(O)C(F)(F)F)CC2)cc1. The van der Waals surface area contributed by atoms with E-state index in [1.807, 2.05) is 24.3 Å². The fourth-order valence-electron chi connectivity index (χ4n) is 2.84. The third-order valence-electron chi connectivity index (χ3n) is 4.29. The summed E-state index contributed by atoms with van der Waals surface area (Å²) in [5.74, 6) is 0.142. The molecule has 1 aliphatic heterocycles. The molecule has 6 heteroatoms. The molecule has 0 bridgehead atoms. The molecule has 2 rings (SSSR count). The fourth-order valence-corrected chi connectivity index (χ4v) is 2.84. The van der Waals surface area contributed by atoms with E-state index in [0.717, 1.165) is 18.7 Å². The maximum atomic E-state index is 12.5. The minimum atomic E-state index is -4.50. The smallest absolute Gasteiger partial charge is 0.414 e. The summed E-state index contributed by atoms with van der Waals surface area (Å²) >= 11 is 0. The monoisotopic (exact) mass is 317 g/mol. The normalized spacial score (nSPS) is 19.1. The average Bonchev–Trinajstić information content (AvgIpc) is 2.52. The Kier molecular flexibility index (Phi) is 5.69. The minimum Gasteiger partial charge on any atom is -0.497 e. The molecular formula is C16H22F3NO2. The van der Waals surface area contributed by atoms with Gasteiger partial charge in [0.2, 0.25) is 0 Å². The zero-order chi connectivity index (χ0) is 16.2. The molecule has 22 heavy (non-hydrogen) atoms. The number of alkyl halides is 3. The molecule has 0 amide bonds. The predicted molar refractivity (Wildman–Crippen MR) is 77.9 cm³/mol. The molecule has 3 nitrogen and oxygen atoms in total. The Hall–Kier alpha value is -1.27. The van der Waals surface area contributed by atoms with Crippen LogP contribution in [0.25, 0.3) is 0 Å². The fraction of sp³-hybridized carbons (Fsp3) is 0.625. The Morgan fingerprint density at radius 3 is 2.32 bits per heavy atom. The molecule has 1 aliphatic rings. The van der Waals surface area contributed by atoms with E-state index in [1.165, 1.54) is 5.56 Å². The number of halogens is 3. The minimum absolute atomic E-state index is 0.392. The van der Waals surface area contributed by atoms with Gasteiger partial charge in [-0.25, -0.2) is 0 Å². The van der Waals surface area contributed by atoms with Crippen LogP contribution < -0.4 is 4.74 Å². The van der Waals surface area contributed by atoms with Crippen molar-refractivity contribution in [3.05, 3.63) is 29.8 Å². The van der Waals surface area contributed by atoms with Crippen LogP contribution in [0.3, 0.4) is 0 Å². The van der Waals surface area contributed by atoms with Gasteiger partial charge in [0.05, 0.1) is 7.11 Å². The van der Waals surface area contributed by atoms with Crippen molar-refractivity contribution in [3.63, 3.8) is 0 Å². The van der Waals surface area contributed by atoms with E-state index in [0.29, 0.717) is 25.9 Å². The van der Waals surface area contributed by atoms with Gasteiger partial charge in [-0.2, -0.15) is 13.2 Å². The predicted octanol–water partition coefficient (Wildman–Crippen LogP) is 2.87. The van der Waals surface area contributed by atoms with Crippen molar-refractivity contribution in [1.82, 2.24) is 4.90 Å². The Balaban J connectivity index is 1.75. The van der Waals surface area contributed by atoms with Gasteiger partial charge in [0, 0.05) is 6.54 Å². The zero-order valence-corrected chi connectivity index (χ0v) is 12.6. The van der Waals surface area contributed by atoms with E-state index >= 15 is 0 Å². The Morgan fingerprint density at radius 1 is 1.23 bits per heavy atom. The van der Waals surface area contributed by atoms with E-state index in [1.54, 1.807) is 7.11 Å². The number of piperidine rings is 1. The lowest BCUT2D eigenvalue weighted by Gasteiger charge is -2.34. The molecule has 124 valence electrons. The number of likely N-dealkylation sites (tertiary alicyclic amines) is 1. The number of aliphatic hydroxyl groups is 1. The zero-order valence-electron chi connectivity index (χ0n) is 12.6. The van der Waals surface area contributed by atoms with Gasteiger partial charge in [0.1, 0.15) is 5.75 Å². The molecule has 1 fully saturated rings. The van der Waals surface area contributed by atoms with Gasteiger partial charge in [-0.3, -0.25) is 0 Å². The molecule has 1 N–H and O–H groups in total. The number of benzene rings is 1. The molecule has 0 spiro atoms. The largest absolute Gasteiger partial charge is 0.497 e. The van der Waals surface area contributed by atoms with E-state index in [-0.39, 0.29) is 0 Å². The van der Waals surface area contributed by atoms with Crippen molar-refractivity contribution in [2.45, 2.75) is 31.5 Å². The highest BCUT2D eigenvalue weighted by atomic mass is 19.4. The van der Waals surface area contributed by atoms with Crippen LogP contribution in [0.5, 0.6) is 5.75 Å². The molecule has 0 radical (unpaired) electrons. The second-order valence-corrected chi connectivity index (χ2v) is 5.76. The van der Waals surface area contributed by atoms with Gasteiger partial charge in [-0.05, 0) is 56.0 Å². The van der Waals surface area contributed by atoms with E-state index < -0.39 is 18.2 Å². The second-order valence-electron chi connectivity index (χ2n) is 5.76. The number of aliphatic hydroxyl groups excluding tert-OH is 1. The van der Waals surface area contributed by atoms with Gasteiger partial charge < -0.3 is 14.7 Å². The number of hydrogen-bond acceptors (Lipinski definition) is 3. The maximum absolute atomic E-state index is 12.5. The summed E-state index contributed by atoms with van der Waals surface area (Å²) in [4.78, 5) is 2.16. The van der Waals surface area contributed by atoms with E-state index in [9.17, 15) is 18.3 Å². The molecule has 0 aliphatic carbocycles. The van der Waals surface area contributed by atoms with Crippen molar-refractivity contribution in [2.75, 3.05) is 26.7 Å². The van der Waals surface area contributed by atoms with Crippen molar-refractivity contribution in [1.29, 1.82) is 0 Å². The first-order chi connectivity index (χ1) is 10.4. The van der Waals surface area contributed by atoms with Crippen LogP contribution in [0.15, 0.2) is 24.3 Å². The highest BCUT2D eigenvalue weighted by molar-refractivity contribution is 5.27. The number of ether oxygens (including phenoxy) is 1. The Labute approximate surface area is 128 Å². The molecule has 1 heterocycles. The summed E-state index contributed by atoms with van der Waals surface area (Å²) < 4.78 is 42.6. The third-order valence-corrected chi connectivity index (χ3v) is 4.29. The molecular weight excluding hydrogens is 295 g/mol. The first-order valence-electron chi connectivity index (χ1n) is 7.50. The van der Waals surface area contributed by atoms with Crippen LogP contribution in [0.1, 0.15) is 18.4 Å². The lowest BCUT2D eigenvalue weighted by atomic mass is 9.90. The summed E-state index contributed by atoms with van der Waals surface area (Å²) in [7, 11) is 1.62. The highest BCUT2D eigenvalue weighted by Gasteiger charge is 2.44. The summed E-state index contributed by atoms with van der Waals surface area (Å²) in [6, 6.07) is 7.81. The van der Waals surface area contributed by atoms with Gasteiger partial charge in [-0.1, -0.05) is 12.1 Å². The molecule has 1 aromatic rings. The van der Waals surface area contributed by atoms with Crippen LogP contribution in [-0.4, -0.2) is 49.0 Å². The number of methoxy groups -OCH3 is 1. The van der Waals surface area contributed by atoms with Crippen molar-refractivity contribution in [2.24, 2.45) is 5.92 Å². The standard InChI is InChI=1S/C16H22F3NO2/c1-22-14-4-2-12(3-5-14)6-9-20-10-7-13(8-11-20)15(21)16(17,18)19/h2-5,13,15,21H,6-11H2,1H3. The number of hydrogen-bond donors (Lipinski definition) is 1. The summed E-state index contributed by atoms with van der Waals surface area (Å²) in [6.07, 6.45) is -5.05. The van der Waals surface area contributed by atoms with Gasteiger partial charge in [0.25, 0.3) is 0 Å². The first kappa shape index (κ1) is 17.1. The van der Waals surface area contributed by atoms with Crippen LogP contribution in [-0.2, 0) is 6.42 Å². The Bertz CT molecular complexity index is 453. The molecule has 1 saturated heterocycles. The number of nitrogens with zero attached hydrogens (tertiary/aromatic N) is 1. The second kappa shape index (κ2) is 7.33. The molecule has 1 atom stereocenters. The third kappa shape index (κ3) is 4.61. The summed E-state index contributed by atoms with van der Waals surface area (Å²) in [6.45, 7) is 2.03. The van der Waals surface area contributed by atoms with Gasteiger partial charge >= 0.3 is 6.18 Å². The van der Waals surface area contributed by atoms with Crippen LogP contribution in [0.2, 0.25) is 0 Å². The van der Waals surface area contributed by atoms with Crippen LogP contribution >= 0.6 is 0 Å². The van der Waals surface area contributed by atoms with E-state index in [2.05, 4.69) is 4.90 Å². The molecule has 1 unspecified atom stereocenters. The van der Waals surface area contributed by atoms with Crippen molar-refractivity contribution < 1.29 is 23.0 Å². The number of rotatable bonds is 5. The molecule has 0 aromatic heterocycles. The van der Waals surface area contributed by atoms with Gasteiger partial charge in [-0.15, -0.1) is 0 Å². The lowest BCUT2D eigenvalue weighted by Crippen LogP contribution is -2.43. The van der Waals surface area contributed by atoms with Crippen LogP contribution in [0.4, 0.5) is 13.2 Å². The summed E-state index contributed by atoms with van der Waals surface area (Å²) in [5.41, 5.74) is 1.18. The molecule has 1 aromatic carbocycles. The lowest BCUT2D eigenvalue weighted by molar-refractivity contribution is -0.223. The Morgan fingerprint density at radius 2 is 1.82 bits per heavy atom. The van der Waals surface area contributed by atoms with E-state index in [4.69, 9.17) is 4.74 Å². The summed E-state index contributed by atoms with van der Waals surface area (Å²) in [5, 5.41) is 9.30. The topological polar surface area (TPSA) is 32.7 Å². The maximum Gasteiger partial charge on any atom is 0.414 e. The average molecular weight is 317 g/mol. The quantitative estimate of drug-likeness (QED) is 0.906. The highest BCUT2D eigenvalue weighted by Crippen LogP contribution is 2.31.